The van der Waals surface area contributed by atoms with Gasteiger partial charge in [-0.05, 0) is 39.3 Å². The van der Waals surface area contributed by atoms with Crippen LogP contribution < -0.4 is 5.32 Å². The van der Waals surface area contributed by atoms with E-state index in [0.29, 0.717) is 6.54 Å². The SMILES string of the molecule is C[C@H](NCc1cn(C(C)(C)C)nn1)c1ccccc1Cl. The molecule has 0 aliphatic carbocycles. The van der Waals surface area contributed by atoms with Gasteiger partial charge in [-0.1, -0.05) is 35.0 Å². The average molecular weight is 293 g/mol. The number of halogens is 1. The molecule has 0 amide bonds. The maximum absolute atomic E-state index is 6.19. The van der Waals surface area contributed by atoms with Gasteiger partial charge in [-0.25, -0.2) is 4.68 Å². The van der Waals surface area contributed by atoms with E-state index >= 15 is 0 Å². The van der Waals surface area contributed by atoms with Crippen LogP contribution in [0.3, 0.4) is 0 Å². The number of aromatic nitrogens is 3. The molecule has 0 spiro atoms. The highest BCUT2D eigenvalue weighted by molar-refractivity contribution is 6.31. The monoisotopic (exact) mass is 292 g/mol. The van der Waals surface area contributed by atoms with Crippen molar-refractivity contribution < 1.29 is 0 Å². The fourth-order valence-electron chi connectivity index (χ4n) is 1.90. The highest BCUT2D eigenvalue weighted by Gasteiger charge is 2.15. The summed E-state index contributed by atoms with van der Waals surface area (Å²) in [7, 11) is 0. The number of nitrogens with zero attached hydrogens (tertiary/aromatic N) is 3. The Labute approximate surface area is 125 Å². The highest BCUT2D eigenvalue weighted by atomic mass is 35.5. The van der Waals surface area contributed by atoms with Gasteiger partial charge >= 0.3 is 0 Å². The van der Waals surface area contributed by atoms with Gasteiger partial charge in [-0.2, -0.15) is 0 Å². The van der Waals surface area contributed by atoms with Gasteiger partial charge < -0.3 is 5.32 Å². The van der Waals surface area contributed by atoms with Crippen LogP contribution in [-0.2, 0) is 12.1 Å². The van der Waals surface area contributed by atoms with E-state index in [-0.39, 0.29) is 11.6 Å². The second kappa shape index (κ2) is 5.94. The minimum absolute atomic E-state index is 0.0421. The summed E-state index contributed by atoms with van der Waals surface area (Å²) in [4.78, 5) is 0. The fraction of sp³-hybridized carbons (Fsp3) is 0.467. The molecule has 0 aliphatic rings. The Kier molecular flexibility index (Phi) is 4.45. The van der Waals surface area contributed by atoms with E-state index in [0.717, 1.165) is 16.3 Å². The Balaban J connectivity index is 1.99. The summed E-state index contributed by atoms with van der Waals surface area (Å²) in [6.07, 6.45) is 1.98. The topological polar surface area (TPSA) is 42.7 Å². The van der Waals surface area contributed by atoms with Gasteiger partial charge in [0.25, 0.3) is 0 Å². The van der Waals surface area contributed by atoms with Crippen molar-refractivity contribution in [2.75, 3.05) is 0 Å². The molecule has 5 heteroatoms. The predicted molar refractivity (Wildman–Crippen MR) is 81.7 cm³/mol. The van der Waals surface area contributed by atoms with Gasteiger partial charge in [-0.3, -0.25) is 0 Å². The molecule has 1 N–H and O–H groups in total. The summed E-state index contributed by atoms with van der Waals surface area (Å²) in [5, 5.41) is 12.5. The van der Waals surface area contributed by atoms with Gasteiger partial charge in [0.05, 0.1) is 17.4 Å². The minimum atomic E-state index is -0.0421. The number of hydrogen-bond donors (Lipinski definition) is 1. The van der Waals surface area contributed by atoms with Crippen molar-refractivity contribution in [2.24, 2.45) is 0 Å². The van der Waals surface area contributed by atoms with Crippen molar-refractivity contribution in [3.05, 3.63) is 46.7 Å². The minimum Gasteiger partial charge on any atom is -0.304 e. The molecular formula is C15H21ClN4. The van der Waals surface area contributed by atoms with Crippen LogP contribution in [0.25, 0.3) is 0 Å². The van der Waals surface area contributed by atoms with Crippen molar-refractivity contribution in [3.8, 4) is 0 Å². The largest absolute Gasteiger partial charge is 0.304 e. The van der Waals surface area contributed by atoms with E-state index in [4.69, 9.17) is 11.6 Å². The molecule has 2 rings (SSSR count). The molecule has 0 saturated heterocycles. The number of rotatable bonds is 4. The average Bonchev–Trinajstić information content (AvgIpc) is 2.85. The van der Waals surface area contributed by atoms with Crippen molar-refractivity contribution in [1.29, 1.82) is 0 Å². The smallest absolute Gasteiger partial charge is 0.0965 e. The summed E-state index contributed by atoms with van der Waals surface area (Å²) in [5.74, 6) is 0. The predicted octanol–water partition coefficient (Wildman–Crippen LogP) is 3.54. The molecule has 0 bridgehead atoms. The Morgan fingerprint density at radius 3 is 2.60 bits per heavy atom. The van der Waals surface area contributed by atoms with Crippen LogP contribution in [0.2, 0.25) is 5.02 Å². The molecule has 0 saturated carbocycles. The molecule has 0 unspecified atom stereocenters. The van der Waals surface area contributed by atoms with Crippen molar-refractivity contribution in [1.82, 2.24) is 20.3 Å². The zero-order chi connectivity index (χ0) is 14.8. The maximum Gasteiger partial charge on any atom is 0.0965 e. The first-order valence-electron chi connectivity index (χ1n) is 6.77. The van der Waals surface area contributed by atoms with Crippen molar-refractivity contribution in [3.63, 3.8) is 0 Å². The molecule has 108 valence electrons. The van der Waals surface area contributed by atoms with Gasteiger partial charge in [0.1, 0.15) is 0 Å². The van der Waals surface area contributed by atoms with Crippen LogP contribution >= 0.6 is 11.6 Å². The molecule has 0 fully saturated rings. The lowest BCUT2D eigenvalue weighted by atomic mass is 10.1. The molecule has 4 nitrogen and oxygen atoms in total. The summed E-state index contributed by atoms with van der Waals surface area (Å²) in [6.45, 7) is 9.07. The molecule has 0 aliphatic heterocycles. The Morgan fingerprint density at radius 1 is 1.30 bits per heavy atom. The quantitative estimate of drug-likeness (QED) is 0.937. The lowest BCUT2D eigenvalue weighted by Gasteiger charge is -2.17. The summed E-state index contributed by atoms with van der Waals surface area (Å²) in [5.41, 5.74) is 1.98. The summed E-state index contributed by atoms with van der Waals surface area (Å²) in [6, 6.07) is 8.04. The third-order valence-electron chi connectivity index (χ3n) is 3.19. The van der Waals surface area contributed by atoms with Crippen LogP contribution in [0.15, 0.2) is 30.5 Å². The molecule has 20 heavy (non-hydrogen) atoms. The molecule has 1 aromatic heterocycles. The van der Waals surface area contributed by atoms with Gasteiger partial charge in [0.2, 0.25) is 0 Å². The second-order valence-electron chi connectivity index (χ2n) is 5.95. The first kappa shape index (κ1) is 15.0. The standard InChI is InChI=1S/C15H21ClN4/c1-11(13-7-5-6-8-14(13)16)17-9-12-10-20(19-18-12)15(2,3)4/h5-8,10-11,17H,9H2,1-4H3/t11-/m0/s1. The number of nitrogens with one attached hydrogen (secondary N) is 1. The van der Waals surface area contributed by atoms with E-state index in [2.05, 4.69) is 43.3 Å². The van der Waals surface area contributed by atoms with Gasteiger partial charge in [-0.15, -0.1) is 5.10 Å². The zero-order valence-electron chi connectivity index (χ0n) is 12.4. The second-order valence-corrected chi connectivity index (χ2v) is 6.36. The molecule has 1 aromatic carbocycles. The normalized spacial score (nSPS) is 13.4. The highest BCUT2D eigenvalue weighted by Crippen LogP contribution is 2.22. The van der Waals surface area contributed by atoms with E-state index in [1.54, 1.807) is 0 Å². The van der Waals surface area contributed by atoms with E-state index in [1.807, 2.05) is 35.1 Å². The van der Waals surface area contributed by atoms with E-state index in [9.17, 15) is 0 Å². The van der Waals surface area contributed by atoms with Crippen molar-refractivity contribution in [2.45, 2.75) is 45.8 Å². The molecule has 2 aromatic rings. The van der Waals surface area contributed by atoms with Gasteiger partial charge in [0, 0.05) is 17.6 Å². The fourth-order valence-corrected chi connectivity index (χ4v) is 2.20. The summed E-state index contributed by atoms with van der Waals surface area (Å²) < 4.78 is 1.88. The lowest BCUT2D eigenvalue weighted by molar-refractivity contribution is 0.347. The Bertz CT molecular complexity index is 571. The van der Waals surface area contributed by atoms with Crippen LogP contribution in [0, 0.1) is 0 Å². The van der Waals surface area contributed by atoms with Crippen LogP contribution in [0.5, 0.6) is 0 Å². The zero-order valence-corrected chi connectivity index (χ0v) is 13.1. The van der Waals surface area contributed by atoms with Crippen LogP contribution in [-0.4, -0.2) is 15.0 Å². The van der Waals surface area contributed by atoms with Gasteiger partial charge in [0.15, 0.2) is 0 Å². The number of benzene rings is 1. The molecule has 1 atom stereocenters. The van der Waals surface area contributed by atoms with Crippen LogP contribution in [0.4, 0.5) is 0 Å². The van der Waals surface area contributed by atoms with E-state index < -0.39 is 0 Å². The number of hydrogen-bond acceptors (Lipinski definition) is 3. The third kappa shape index (κ3) is 3.58. The first-order chi connectivity index (χ1) is 9.38. The third-order valence-corrected chi connectivity index (χ3v) is 3.53. The molecule has 1 heterocycles. The van der Waals surface area contributed by atoms with Crippen LogP contribution in [0.1, 0.15) is 45.0 Å². The summed E-state index contributed by atoms with van der Waals surface area (Å²) >= 11 is 6.19. The van der Waals surface area contributed by atoms with Crippen molar-refractivity contribution >= 4 is 11.6 Å². The Morgan fingerprint density at radius 2 is 2.00 bits per heavy atom. The lowest BCUT2D eigenvalue weighted by Crippen LogP contribution is -2.22. The molecule has 0 radical (unpaired) electrons. The molecular weight excluding hydrogens is 272 g/mol. The first-order valence-corrected chi connectivity index (χ1v) is 7.15. The maximum atomic E-state index is 6.19. The Hall–Kier alpha value is -1.39. The van der Waals surface area contributed by atoms with E-state index in [1.165, 1.54) is 0 Å².